The monoisotopic (exact) mass is 392 g/mol. The SMILES string of the molecule is Nc1ccccc1OCCCC(=O)Nc1ccc(Br)cc1C(=O)O. The lowest BCUT2D eigenvalue weighted by molar-refractivity contribution is -0.116. The number of amides is 1. The van der Waals surface area contributed by atoms with Crippen LogP contribution in [0, 0.1) is 0 Å². The van der Waals surface area contributed by atoms with E-state index in [-0.39, 0.29) is 23.6 Å². The zero-order chi connectivity index (χ0) is 17.5. The van der Waals surface area contributed by atoms with E-state index < -0.39 is 5.97 Å². The number of aromatic carboxylic acids is 1. The van der Waals surface area contributed by atoms with Crippen LogP contribution in [0.1, 0.15) is 23.2 Å². The maximum atomic E-state index is 12.0. The van der Waals surface area contributed by atoms with Crippen molar-refractivity contribution >= 4 is 39.2 Å². The first kappa shape index (κ1) is 17.8. The average molecular weight is 393 g/mol. The highest BCUT2D eigenvalue weighted by molar-refractivity contribution is 9.10. The molecule has 2 aromatic rings. The van der Waals surface area contributed by atoms with Gasteiger partial charge in [0.25, 0.3) is 0 Å². The second-order valence-electron chi connectivity index (χ2n) is 5.03. The molecule has 126 valence electrons. The van der Waals surface area contributed by atoms with Crippen LogP contribution < -0.4 is 15.8 Å². The van der Waals surface area contributed by atoms with Gasteiger partial charge in [-0.1, -0.05) is 28.1 Å². The molecule has 0 fully saturated rings. The van der Waals surface area contributed by atoms with Gasteiger partial charge in [0.15, 0.2) is 0 Å². The number of anilines is 2. The van der Waals surface area contributed by atoms with Gasteiger partial charge in [0.05, 0.1) is 23.5 Å². The minimum absolute atomic E-state index is 0.0334. The molecule has 2 rings (SSSR count). The molecule has 0 saturated heterocycles. The predicted molar refractivity (Wildman–Crippen MR) is 95.3 cm³/mol. The highest BCUT2D eigenvalue weighted by atomic mass is 79.9. The van der Waals surface area contributed by atoms with Gasteiger partial charge in [-0.3, -0.25) is 4.79 Å². The van der Waals surface area contributed by atoms with Gasteiger partial charge < -0.3 is 20.9 Å². The van der Waals surface area contributed by atoms with Crippen LogP contribution in [0.3, 0.4) is 0 Å². The van der Waals surface area contributed by atoms with Crippen molar-refractivity contribution < 1.29 is 19.4 Å². The number of benzene rings is 2. The molecule has 0 aliphatic rings. The number of hydrogen-bond donors (Lipinski definition) is 3. The number of rotatable bonds is 7. The van der Waals surface area contributed by atoms with Crippen molar-refractivity contribution in [2.24, 2.45) is 0 Å². The van der Waals surface area contributed by atoms with Crippen molar-refractivity contribution in [3.05, 3.63) is 52.5 Å². The molecule has 6 nitrogen and oxygen atoms in total. The number of halogens is 1. The molecule has 2 aromatic carbocycles. The Hall–Kier alpha value is -2.54. The normalized spacial score (nSPS) is 10.2. The van der Waals surface area contributed by atoms with E-state index in [9.17, 15) is 9.59 Å². The van der Waals surface area contributed by atoms with Gasteiger partial charge in [-0.2, -0.15) is 0 Å². The lowest BCUT2D eigenvalue weighted by Crippen LogP contribution is -2.15. The van der Waals surface area contributed by atoms with Crippen LogP contribution >= 0.6 is 15.9 Å². The fourth-order valence-corrected chi connectivity index (χ4v) is 2.40. The summed E-state index contributed by atoms with van der Waals surface area (Å²) in [5.41, 5.74) is 6.60. The van der Waals surface area contributed by atoms with Crippen molar-refractivity contribution in [1.29, 1.82) is 0 Å². The Labute approximate surface area is 147 Å². The summed E-state index contributed by atoms with van der Waals surface area (Å²) in [5.74, 6) is -0.794. The van der Waals surface area contributed by atoms with Crippen molar-refractivity contribution in [2.45, 2.75) is 12.8 Å². The predicted octanol–water partition coefficient (Wildman–Crippen LogP) is 3.53. The molecule has 1 amide bonds. The highest BCUT2D eigenvalue weighted by Crippen LogP contribution is 2.22. The number of nitrogens with one attached hydrogen (secondary N) is 1. The second kappa shape index (κ2) is 8.35. The first-order chi connectivity index (χ1) is 11.5. The molecule has 0 spiro atoms. The van der Waals surface area contributed by atoms with Crippen LogP contribution in [0.4, 0.5) is 11.4 Å². The quantitative estimate of drug-likeness (QED) is 0.494. The van der Waals surface area contributed by atoms with E-state index in [0.717, 1.165) is 0 Å². The van der Waals surface area contributed by atoms with Crippen molar-refractivity contribution in [3.8, 4) is 5.75 Å². The summed E-state index contributed by atoms with van der Waals surface area (Å²) in [5, 5.41) is 11.8. The largest absolute Gasteiger partial charge is 0.491 e. The molecule has 0 atom stereocenters. The molecule has 0 saturated carbocycles. The summed E-state index contributed by atoms with van der Waals surface area (Å²) in [6, 6.07) is 11.8. The molecule has 0 aliphatic carbocycles. The zero-order valence-corrected chi connectivity index (χ0v) is 14.4. The summed E-state index contributed by atoms with van der Waals surface area (Å²) < 4.78 is 6.14. The Morgan fingerprint density at radius 1 is 1.21 bits per heavy atom. The van der Waals surface area contributed by atoms with Crippen LogP contribution in [0.2, 0.25) is 0 Å². The number of nitrogen functional groups attached to an aromatic ring is 1. The number of nitrogens with two attached hydrogens (primary N) is 1. The standard InChI is InChI=1S/C17H17BrN2O4/c18-11-7-8-14(12(10-11)17(22)23)20-16(21)6-3-9-24-15-5-2-1-4-13(15)19/h1-2,4-5,7-8,10H,3,6,9,19H2,(H,20,21)(H,22,23). The molecule has 0 unspecified atom stereocenters. The number of carbonyl (C=O) groups excluding carboxylic acids is 1. The number of ether oxygens (including phenoxy) is 1. The van der Waals surface area contributed by atoms with Crippen LogP contribution in [0.5, 0.6) is 5.75 Å². The lowest BCUT2D eigenvalue weighted by Gasteiger charge is -2.10. The molecule has 0 aliphatic heterocycles. The van der Waals surface area contributed by atoms with Crippen LogP contribution in [-0.2, 0) is 4.79 Å². The molecule has 0 bridgehead atoms. The highest BCUT2D eigenvalue weighted by Gasteiger charge is 2.13. The van der Waals surface area contributed by atoms with Crippen molar-refractivity contribution in [3.63, 3.8) is 0 Å². The Morgan fingerprint density at radius 3 is 2.67 bits per heavy atom. The van der Waals surface area contributed by atoms with E-state index in [1.54, 1.807) is 24.3 Å². The molecule has 7 heteroatoms. The molecule has 4 N–H and O–H groups in total. The van der Waals surface area contributed by atoms with E-state index in [0.29, 0.717) is 28.9 Å². The maximum absolute atomic E-state index is 12.0. The van der Waals surface area contributed by atoms with Gasteiger partial charge >= 0.3 is 5.97 Å². The Bertz CT molecular complexity index is 749. The Morgan fingerprint density at radius 2 is 1.96 bits per heavy atom. The number of carboxylic acid groups (broad SMARTS) is 1. The topological polar surface area (TPSA) is 102 Å². The number of para-hydroxylation sites is 2. The Balaban J connectivity index is 1.84. The molecule has 0 aromatic heterocycles. The van der Waals surface area contributed by atoms with E-state index >= 15 is 0 Å². The first-order valence-corrected chi connectivity index (χ1v) is 8.06. The smallest absolute Gasteiger partial charge is 0.337 e. The van der Waals surface area contributed by atoms with Crippen LogP contribution in [0.15, 0.2) is 46.9 Å². The second-order valence-corrected chi connectivity index (χ2v) is 5.95. The van der Waals surface area contributed by atoms with Crippen LogP contribution in [-0.4, -0.2) is 23.6 Å². The van der Waals surface area contributed by atoms with E-state index in [1.165, 1.54) is 6.07 Å². The minimum atomic E-state index is -1.10. The Kier molecular flexibility index (Phi) is 6.20. The van der Waals surface area contributed by atoms with Gasteiger partial charge in [0.1, 0.15) is 5.75 Å². The fourth-order valence-electron chi connectivity index (χ4n) is 2.04. The van der Waals surface area contributed by atoms with Gasteiger partial charge in [-0.25, -0.2) is 4.79 Å². The first-order valence-electron chi connectivity index (χ1n) is 7.27. The molecule has 0 heterocycles. The molecular weight excluding hydrogens is 376 g/mol. The average Bonchev–Trinajstić information content (AvgIpc) is 2.54. The minimum Gasteiger partial charge on any atom is -0.491 e. The zero-order valence-electron chi connectivity index (χ0n) is 12.8. The molecular formula is C17H17BrN2O4. The van der Waals surface area contributed by atoms with Crippen molar-refractivity contribution in [1.82, 2.24) is 0 Å². The number of carboxylic acids is 1. The molecule has 0 radical (unpaired) electrons. The van der Waals surface area contributed by atoms with E-state index in [2.05, 4.69) is 21.2 Å². The van der Waals surface area contributed by atoms with E-state index in [4.69, 9.17) is 15.6 Å². The maximum Gasteiger partial charge on any atom is 0.337 e. The number of carbonyl (C=O) groups is 2. The third kappa shape index (κ3) is 4.99. The summed E-state index contributed by atoms with van der Waals surface area (Å²) in [7, 11) is 0. The third-order valence-corrected chi connectivity index (χ3v) is 3.70. The lowest BCUT2D eigenvalue weighted by atomic mass is 10.1. The van der Waals surface area contributed by atoms with Gasteiger partial charge in [-0.15, -0.1) is 0 Å². The van der Waals surface area contributed by atoms with Crippen molar-refractivity contribution in [2.75, 3.05) is 17.7 Å². The van der Waals surface area contributed by atoms with Gasteiger partial charge in [-0.05, 0) is 36.8 Å². The van der Waals surface area contributed by atoms with Gasteiger partial charge in [0.2, 0.25) is 5.91 Å². The molecule has 24 heavy (non-hydrogen) atoms. The summed E-state index contributed by atoms with van der Waals surface area (Å²) in [6.07, 6.45) is 0.695. The summed E-state index contributed by atoms with van der Waals surface area (Å²) >= 11 is 3.21. The van der Waals surface area contributed by atoms with Gasteiger partial charge in [0, 0.05) is 10.9 Å². The fraction of sp³-hybridized carbons (Fsp3) is 0.176. The number of hydrogen-bond acceptors (Lipinski definition) is 4. The van der Waals surface area contributed by atoms with Crippen LogP contribution in [0.25, 0.3) is 0 Å². The summed E-state index contributed by atoms with van der Waals surface area (Å²) in [4.78, 5) is 23.2. The third-order valence-electron chi connectivity index (χ3n) is 3.21. The summed E-state index contributed by atoms with van der Waals surface area (Å²) in [6.45, 7) is 0.341. The van der Waals surface area contributed by atoms with E-state index in [1.807, 2.05) is 12.1 Å².